The molecule has 220 valence electrons. The Balaban J connectivity index is 1.87. The number of anilines is 1. The molecule has 3 rings (SSSR count). The van der Waals surface area contributed by atoms with Crippen LogP contribution in [0.4, 0.5) is 5.69 Å². The Morgan fingerprint density at radius 2 is 1.54 bits per heavy atom. The first kappa shape index (κ1) is 31.9. The quantitative estimate of drug-likeness (QED) is 0.245. The minimum atomic E-state index is -3.54. The first-order valence-electron chi connectivity index (χ1n) is 14.3. The molecule has 0 aliphatic rings. The Kier molecular flexibility index (Phi) is 12.0. The average molecular weight is 578 g/mol. The van der Waals surface area contributed by atoms with Gasteiger partial charge in [0.15, 0.2) is 0 Å². The van der Waals surface area contributed by atoms with Crippen molar-refractivity contribution in [3.05, 3.63) is 101 Å². The van der Waals surface area contributed by atoms with Crippen molar-refractivity contribution in [3.63, 3.8) is 0 Å². The van der Waals surface area contributed by atoms with Crippen LogP contribution in [0, 0.1) is 13.8 Å². The fraction of sp³-hybridized carbons (Fsp3) is 0.394. The summed E-state index contributed by atoms with van der Waals surface area (Å²) in [6.45, 7) is 7.01. The minimum absolute atomic E-state index is 0.108. The SMILES string of the molecule is CCCCNC(=O)C(Cc1ccccc1)N(Cc1ccccc1C)C(=O)CCCN(c1ccc(C)cc1)S(C)(=O)=O. The fourth-order valence-corrected chi connectivity index (χ4v) is 5.71. The predicted molar refractivity (Wildman–Crippen MR) is 166 cm³/mol. The lowest BCUT2D eigenvalue weighted by Crippen LogP contribution is -2.50. The summed E-state index contributed by atoms with van der Waals surface area (Å²) in [5.41, 5.74) is 4.58. The summed E-state index contributed by atoms with van der Waals surface area (Å²) in [4.78, 5) is 29.2. The van der Waals surface area contributed by atoms with Gasteiger partial charge in [0, 0.05) is 32.5 Å². The molecule has 0 bridgehead atoms. The highest BCUT2D eigenvalue weighted by atomic mass is 32.2. The van der Waals surface area contributed by atoms with Gasteiger partial charge in [0.1, 0.15) is 6.04 Å². The highest BCUT2D eigenvalue weighted by Gasteiger charge is 2.30. The summed E-state index contributed by atoms with van der Waals surface area (Å²) >= 11 is 0. The van der Waals surface area contributed by atoms with Gasteiger partial charge in [-0.25, -0.2) is 8.42 Å². The van der Waals surface area contributed by atoms with Gasteiger partial charge in [-0.05, 0) is 55.5 Å². The monoisotopic (exact) mass is 577 g/mol. The van der Waals surface area contributed by atoms with Gasteiger partial charge in [-0.1, -0.05) is 85.6 Å². The number of aryl methyl sites for hydroxylation is 2. The maximum Gasteiger partial charge on any atom is 0.243 e. The molecule has 0 aromatic heterocycles. The topological polar surface area (TPSA) is 86.8 Å². The lowest BCUT2D eigenvalue weighted by molar-refractivity contribution is -0.141. The van der Waals surface area contributed by atoms with Gasteiger partial charge in [-0.2, -0.15) is 0 Å². The molecular formula is C33H43N3O4S. The van der Waals surface area contributed by atoms with Gasteiger partial charge in [0.25, 0.3) is 0 Å². The second-order valence-electron chi connectivity index (χ2n) is 10.6. The summed E-state index contributed by atoms with van der Waals surface area (Å²) in [6, 6.07) is 24.2. The summed E-state index contributed by atoms with van der Waals surface area (Å²) in [5.74, 6) is -0.362. The first-order chi connectivity index (χ1) is 19.6. The van der Waals surface area contributed by atoms with Crippen LogP contribution in [0.1, 0.15) is 54.9 Å². The molecule has 0 saturated heterocycles. The van der Waals surface area contributed by atoms with Crippen molar-refractivity contribution in [2.24, 2.45) is 0 Å². The molecule has 7 nitrogen and oxygen atoms in total. The van der Waals surface area contributed by atoms with E-state index >= 15 is 0 Å². The van der Waals surface area contributed by atoms with Gasteiger partial charge in [0.05, 0.1) is 11.9 Å². The van der Waals surface area contributed by atoms with Crippen molar-refractivity contribution in [3.8, 4) is 0 Å². The highest BCUT2D eigenvalue weighted by molar-refractivity contribution is 7.92. The van der Waals surface area contributed by atoms with E-state index in [1.54, 1.807) is 17.0 Å². The van der Waals surface area contributed by atoms with Crippen LogP contribution in [-0.4, -0.2) is 50.5 Å². The number of carbonyl (C=O) groups excluding carboxylic acids is 2. The molecule has 0 saturated carbocycles. The van der Waals surface area contributed by atoms with Crippen molar-refractivity contribution >= 4 is 27.5 Å². The van der Waals surface area contributed by atoms with Gasteiger partial charge in [-0.3, -0.25) is 13.9 Å². The van der Waals surface area contributed by atoms with Crippen LogP contribution in [0.25, 0.3) is 0 Å². The summed E-state index contributed by atoms with van der Waals surface area (Å²) in [6.07, 6.45) is 3.80. The number of benzene rings is 3. The van der Waals surface area contributed by atoms with E-state index in [-0.39, 0.29) is 31.3 Å². The molecule has 0 heterocycles. The minimum Gasteiger partial charge on any atom is -0.354 e. The molecule has 3 aromatic carbocycles. The number of hydrogen-bond acceptors (Lipinski definition) is 4. The average Bonchev–Trinajstić information content (AvgIpc) is 2.94. The Bertz CT molecular complexity index is 1380. The molecule has 8 heteroatoms. The van der Waals surface area contributed by atoms with Crippen molar-refractivity contribution in [2.75, 3.05) is 23.7 Å². The van der Waals surface area contributed by atoms with E-state index in [9.17, 15) is 18.0 Å². The van der Waals surface area contributed by atoms with Crippen LogP contribution in [0.5, 0.6) is 0 Å². The third-order valence-electron chi connectivity index (χ3n) is 7.18. The molecule has 0 aliphatic carbocycles. The molecule has 0 spiro atoms. The smallest absolute Gasteiger partial charge is 0.243 e. The molecular weight excluding hydrogens is 534 g/mol. The summed E-state index contributed by atoms with van der Waals surface area (Å²) in [7, 11) is -3.54. The standard InChI is InChI=1S/C33H43N3O4S/c1-5-6-22-34-33(38)31(24-28-14-8-7-9-15-28)35(25-29-16-11-10-13-27(29)3)32(37)17-12-23-36(41(4,39)40)30-20-18-26(2)19-21-30/h7-11,13-16,18-21,31H,5-6,12,17,22-25H2,1-4H3,(H,34,38). The van der Waals surface area contributed by atoms with Crippen molar-refractivity contribution in [1.29, 1.82) is 0 Å². The number of nitrogens with zero attached hydrogens (tertiary/aromatic N) is 2. The first-order valence-corrected chi connectivity index (χ1v) is 16.1. The largest absolute Gasteiger partial charge is 0.354 e. The number of hydrogen-bond donors (Lipinski definition) is 1. The van der Waals surface area contributed by atoms with Crippen LogP contribution in [0.3, 0.4) is 0 Å². The van der Waals surface area contributed by atoms with Crippen molar-refractivity contribution < 1.29 is 18.0 Å². The maximum absolute atomic E-state index is 13.9. The number of nitrogens with one attached hydrogen (secondary N) is 1. The fourth-order valence-electron chi connectivity index (χ4n) is 4.75. The van der Waals surface area contributed by atoms with Gasteiger partial charge in [0.2, 0.25) is 21.8 Å². The second-order valence-corrected chi connectivity index (χ2v) is 12.5. The molecule has 1 atom stereocenters. The molecule has 1 unspecified atom stereocenters. The molecule has 1 N–H and O–H groups in total. The van der Waals surface area contributed by atoms with Crippen LogP contribution in [0.2, 0.25) is 0 Å². The third-order valence-corrected chi connectivity index (χ3v) is 8.37. The normalized spacial score (nSPS) is 12.0. The second kappa shape index (κ2) is 15.4. The van der Waals surface area contributed by atoms with E-state index in [1.807, 2.05) is 80.6 Å². The third kappa shape index (κ3) is 9.74. The van der Waals surface area contributed by atoms with Gasteiger partial charge >= 0.3 is 0 Å². The number of rotatable bonds is 15. The lowest BCUT2D eigenvalue weighted by Gasteiger charge is -2.32. The summed E-state index contributed by atoms with van der Waals surface area (Å²) < 4.78 is 26.6. The number of amides is 2. The zero-order valence-electron chi connectivity index (χ0n) is 24.7. The number of sulfonamides is 1. The Morgan fingerprint density at radius 3 is 2.17 bits per heavy atom. The van der Waals surface area contributed by atoms with Crippen LogP contribution in [0.15, 0.2) is 78.9 Å². The lowest BCUT2D eigenvalue weighted by atomic mass is 10.0. The summed E-state index contributed by atoms with van der Waals surface area (Å²) in [5, 5.41) is 3.04. The molecule has 3 aromatic rings. The van der Waals surface area contributed by atoms with E-state index in [0.29, 0.717) is 25.1 Å². The van der Waals surface area contributed by atoms with Gasteiger partial charge in [-0.15, -0.1) is 0 Å². The maximum atomic E-state index is 13.9. The van der Waals surface area contributed by atoms with E-state index in [0.717, 1.165) is 35.1 Å². The van der Waals surface area contributed by atoms with Crippen molar-refractivity contribution in [2.45, 2.75) is 65.5 Å². The molecule has 0 aliphatic heterocycles. The van der Waals surface area contributed by atoms with Crippen molar-refractivity contribution in [1.82, 2.24) is 10.2 Å². The highest BCUT2D eigenvalue weighted by Crippen LogP contribution is 2.21. The van der Waals surface area contributed by atoms with Gasteiger partial charge < -0.3 is 10.2 Å². The molecule has 0 radical (unpaired) electrons. The Labute approximate surface area is 245 Å². The zero-order valence-corrected chi connectivity index (χ0v) is 25.5. The molecule has 2 amide bonds. The zero-order chi connectivity index (χ0) is 29.8. The van der Waals surface area contributed by atoms with Crippen LogP contribution >= 0.6 is 0 Å². The van der Waals surface area contributed by atoms with E-state index in [1.165, 1.54) is 10.6 Å². The number of carbonyl (C=O) groups is 2. The predicted octanol–water partition coefficient (Wildman–Crippen LogP) is 5.41. The Hall–Kier alpha value is -3.65. The molecule has 0 fully saturated rings. The van der Waals surface area contributed by atoms with Crippen LogP contribution in [-0.2, 0) is 32.6 Å². The molecule has 41 heavy (non-hydrogen) atoms. The van der Waals surface area contributed by atoms with Crippen LogP contribution < -0.4 is 9.62 Å². The van der Waals surface area contributed by atoms with E-state index in [2.05, 4.69) is 12.2 Å². The van der Waals surface area contributed by atoms with E-state index < -0.39 is 16.1 Å². The Morgan fingerprint density at radius 1 is 0.878 bits per heavy atom. The van der Waals surface area contributed by atoms with E-state index in [4.69, 9.17) is 0 Å². The number of unbranched alkanes of at least 4 members (excludes halogenated alkanes) is 1.